The molecule has 5 nitrogen and oxygen atoms in total. The molecule has 2 aliphatic rings. The fourth-order valence-electron chi connectivity index (χ4n) is 16.9. The zero-order valence-electron chi connectivity index (χ0n) is 59.3. The highest BCUT2D eigenvalue weighted by molar-refractivity contribution is 7.26. The van der Waals surface area contributed by atoms with Crippen LogP contribution in [0, 0.1) is 0 Å². The van der Waals surface area contributed by atoms with Gasteiger partial charge in [0.15, 0.2) is 17.5 Å². The lowest BCUT2D eigenvalue weighted by atomic mass is 9.55. The van der Waals surface area contributed by atoms with E-state index in [0.717, 1.165) is 61.4 Å². The fourth-order valence-corrected chi connectivity index (χ4v) is 19.7. The van der Waals surface area contributed by atoms with Gasteiger partial charge in [-0.2, -0.15) is 0 Å². The highest BCUT2D eigenvalue weighted by Crippen LogP contribution is 2.62. The second-order valence-corrected chi connectivity index (χ2v) is 32.3. The second kappa shape index (κ2) is 24.0. The van der Waals surface area contributed by atoms with Crippen molar-refractivity contribution in [2.45, 2.75) is 77.0 Å². The van der Waals surface area contributed by atoms with Crippen LogP contribution in [0.5, 0.6) is 0 Å². The van der Waals surface area contributed by atoms with E-state index >= 15 is 0 Å². The lowest BCUT2D eigenvalue weighted by molar-refractivity contribution is 0.302. The van der Waals surface area contributed by atoms with E-state index in [-0.39, 0.29) is 21.7 Å². The van der Waals surface area contributed by atoms with Crippen LogP contribution in [-0.2, 0) is 21.7 Å². The Hall–Kier alpha value is -11.6. The molecule has 4 aromatic heterocycles. The Bertz CT molecular complexity index is 6450. The van der Waals surface area contributed by atoms with E-state index in [1.807, 2.05) is 95.5 Å². The van der Waals surface area contributed by atoms with E-state index in [1.54, 1.807) is 0 Å². The number of hydrogen-bond acceptors (Lipinski definition) is 7. The van der Waals surface area contributed by atoms with Gasteiger partial charge in [0, 0.05) is 79.0 Å². The van der Waals surface area contributed by atoms with E-state index in [4.69, 9.17) is 24.9 Å². The fraction of sp³-hybridized carbons (Fsp3) is 0.124. The van der Waals surface area contributed by atoms with Gasteiger partial charge in [0.2, 0.25) is 0 Å². The molecule has 4 heterocycles. The van der Waals surface area contributed by atoms with Crippen molar-refractivity contribution in [1.29, 1.82) is 0 Å². The number of benzene rings is 14. The van der Waals surface area contributed by atoms with Crippen molar-refractivity contribution < 1.29 is 0 Å². The predicted octanol–water partition coefficient (Wildman–Crippen LogP) is 26.7. The van der Waals surface area contributed by atoms with Gasteiger partial charge in [0.25, 0.3) is 0 Å². The van der Waals surface area contributed by atoms with Crippen LogP contribution in [0.2, 0.25) is 0 Å². The molecule has 0 atom stereocenters. The summed E-state index contributed by atoms with van der Waals surface area (Å²) in [5, 5.41) is 10.7. The predicted molar refractivity (Wildman–Crippen MR) is 441 cm³/mol. The van der Waals surface area contributed by atoms with Crippen molar-refractivity contribution in [2.75, 3.05) is 0 Å². The average Bonchev–Trinajstić information content (AvgIpc) is 1.36. The zero-order valence-corrected chi connectivity index (χ0v) is 61.0. The maximum absolute atomic E-state index is 5.29. The van der Waals surface area contributed by atoms with Gasteiger partial charge < -0.3 is 0 Å². The van der Waals surface area contributed by atoms with Gasteiger partial charge in [-0.25, -0.2) is 24.9 Å². The van der Waals surface area contributed by atoms with Crippen LogP contribution in [-0.4, -0.2) is 24.9 Å². The first-order valence-corrected chi connectivity index (χ1v) is 37.7. The molecule has 0 saturated carbocycles. The van der Waals surface area contributed by atoms with Crippen molar-refractivity contribution in [2.24, 2.45) is 0 Å². The monoisotopic (exact) mass is 1370 g/mol. The molecule has 20 rings (SSSR count). The van der Waals surface area contributed by atoms with Gasteiger partial charge in [-0.05, 0) is 136 Å². The third kappa shape index (κ3) is 9.81. The number of rotatable bonds is 7. The minimum absolute atomic E-state index is 0.0432. The first-order chi connectivity index (χ1) is 50.6. The Kier molecular flexibility index (Phi) is 14.6. The summed E-state index contributed by atoms with van der Waals surface area (Å²) in [5.74, 6) is 1.99. The summed E-state index contributed by atoms with van der Waals surface area (Å²) in [7, 11) is 0. The summed E-state index contributed by atoms with van der Waals surface area (Å²) < 4.78 is 5.46. The van der Waals surface area contributed by atoms with Crippen LogP contribution >= 0.6 is 22.7 Å². The molecule has 0 amide bonds. The minimum Gasteiger partial charge on any atom is -0.244 e. The molecule has 0 unspecified atom stereocenters. The maximum atomic E-state index is 5.29. The van der Waals surface area contributed by atoms with Crippen LogP contribution in [0.1, 0.15) is 77.6 Å². The molecule has 14 aromatic carbocycles. The van der Waals surface area contributed by atoms with Crippen molar-refractivity contribution in [3.05, 3.63) is 320 Å². The highest BCUT2D eigenvalue weighted by atomic mass is 32.1. The van der Waals surface area contributed by atoms with E-state index in [1.165, 1.54) is 118 Å². The van der Waals surface area contributed by atoms with E-state index in [0.29, 0.717) is 17.5 Å². The molecular weight excluding hydrogens is 1300 g/mol. The molecule has 0 radical (unpaired) electrons. The smallest absolute Gasteiger partial charge is 0.164 e. The van der Waals surface area contributed by atoms with Crippen LogP contribution in [0.15, 0.2) is 297 Å². The lowest BCUT2D eigenvalue weighted by Crippen LogP contribution is -2.43. The molecule has 0 aliphatic heterocycles. The third-order valence-corrected chi connectivity index (χ3v) is 26.0. The molecule has 7 heteroatoms. The summed E-state index contributed by atoms with van der Waals surface area (Å²) in [6.45, 7) is 19.5. The molecular formula is C97H73N5S2. The van der Waals surface area contributed by atoms with Crippen LogP contribution < -0.4 is 0 Å². The summed E-state index contributed by atoms with van der Waals surface area (Å²) in [6, 6.07) is 107. The van der Waals surface area contributed by atoms with E-state index < -0.39 is 0 Å². The molecule has 0 spiro atoms. The quantitative estimate of drug-likeness (QED) is 0.159. The Morgan fingerprint density at radius 1 is 0.240 bits per heavy atom. The van der Waals surface area contributed by atoms with Crippen molar-refractivity contribution >= 4 is 95.6 Å². The first-order valence-electron chi connectivity index (χ1n) is 36.0. The SMILES string of the molecule is CC1(C)c2ccccc2-c2c(c3sc4ccc(-c5ccc(-c6nc(-c7ccccc7)nc(-c7ccccc7)n6)cc5)cc4c3c3ccccc23)C1(C)C.CC1(C)c2ccccc2-c2c(c3sc4ccc(-c5ccc6nc(-c7ccccc7)c(-c7ccccc7)nc6c5)cc4c3c3ccccc23)C1(C)C. The summed E-state index contributed by atoms with van der Waals surface area (Å²) in [5.41, 5.74) is 24.4. The van der Waals surface area contributed by atoms with E-state index in [2.05, 4.69) is 280 Å². The standard InChI is InChI=1S/C49H37N3S.C48H36N2S/c1-48(2)39-22-14-13-21-37(39)41-35-19-11-12-20-36(35)42-38-29-34(27-28-40(38)53-44(42)43(41)49(48,3)4)30-23-25-33(26-24-30)47-51-45(31-15-7-5-8-16-31)50-46(52-47)32-17-9-6-10-18-32;1-47(2)37-22-14-13-21-35(37)41-33-19-11-12-20-34(33)42-36-27-31(24-26-40(36)51-46(42)43(41)48(47,3)4)32-23-25-38-39(28-32)50-45(30-17-9-6-10-18-30)44(49-38)29-15-7-5-8-16-29/h5-29H,1-4H3;5-28H,1-4H3. The average molecular weight is 1370 g/mol. The summed E-state index contributed by atoms with van der Waals surface area (Å²) >= 11 is 3.90. The molecule has 498 valence electrons. The second-order valence-electron chi connectivity index (χ2n) is 30.2. The van der Waals surface area contributed by atoms with Crippen molar-refractivity contribution in [3.8, 4) is 101 Å². The number of hydrogen-bond donors (Lipinski definition) is 0. The molecule has 18 aromatic rings. The van der Waals surface area contributed by atoms with Crippen LogP contribution in [0.4, 0.5) is 0 Å². The van der Waals surface area contributed by atoms with Gasteiger partial charge in [-0.15, -0.1) is 22.7 Å². The van der Waals surface area contributed by atoms with Crippen molar-refractivity contribution in [3.63, 3.8) is 0 Å². The van der Waals surface area contributed by atoms with Gasteiger partial charge in [0.1, 0.15) is 0 Å². The van der Waals surface area contributed by atoms with Crippen LogP contribution in [0.3, 0.4) is 0 Å². The zero-order chi connectivity index (χ0) is 70.4. The van der Waals surface area contributed by atoms with Crippen LogP contribution in [0.25, 0.3) is 174 Å². The van der Waals surface area contributed by atoms with Gasteiger partial charge in [0.05, 0.1) is 22.4 Å². The van der Waals surface area contributed by atoms with Gasteiger partial charge >= 0.3 is 0 Å². The van der Waals surface area contributed by atoms with E-state index in [9.17, 15) is 0 Å². The largest absolute Gasteiger partial charge is 0.244 e. The molecule has 0 N–H and O–H groups in total. The topological polar surface area (TPSA) is 64.5 Å². The summed E-state index contributed by atoms with van der Waals surface area (Å²) in [6.07, 6.45) is 0. The molecule has 2 aliphatic carbocycles. The maximum Gasteiger partial charge on any atom is 0.164 e. The molecule has 0 saturated heterocycles. The number of nitrogens with zero attached hydrogens (tertiary/aromatic N) is 5. The first kappa shape index (κ1) is 63.3. The minimum atomic E-state index is -0.0890. The van der Waals surface area contributed by atoms with Gasteiger partial charge in [-0.3, -0.25) is 0 Å². The summed E-state index contributed by atoms with van der Waals surface area (Å²) in [4.78, 5) is 25.2. The normalized spacial score (nSPS) is 14.5. The molecule has 0 fully saturated rings. The third-order valence-electron chi connectivity index (χ3n) is 23.6. The van der Waals surface area contributed by atoms with Crippen molar-refractivity contribution in [1.82, 2.24) is 24.9 Å². The van der Waals surface area contributed by atoms with Gasteiger partial charge in [-0.1, -0.05) is 316 Å². The Morgan fingerprint density at radius 2 is 0.567 bits per heavy atom. The Labute approximate surface area is 614 Å². The molecule has 0 bridgehead atoms. The number of aromatic nitrogens is 5. The Balaban J connectivity index is 0.000000143. The lowest BCUT2D eigenvalue weighted by Gasteiger charge is -2.48. The Morgan fingerprint density at radius 3 is 1.01 bits per heavy atom. The number of thiophene rings is 2. The highest BCUT2D eigenvalue weighted by Gasteiger charge is 2.49. The molecule has 104 heavy (non-hydrogen) atoms. The number of fused-ring (bicyclic) bond motifs is 21.